The second kappa shape index (κ2) is 7.29. The molecule has 23 heavy (non-hydrogen) atoms. The zero-order valence-electron chi connectivity index (χ0n) is 13.2. The number of aliphatic hydroxyl groups excluding tert-OH is 1. The van der Waals surface area contributed by atoms with Gasteiger partial charge in [-0.05, 0) is 36.0 Å². The average Bonchev–Trinajstić information content (AvgIpc) is 2.57. The summed E-state index contributed by atoms with van der Waals surface area (Å²) < 4.78 is 0. The lowest BCUT2D eigenvalue weighted by atomic mass is 9.93. The van der Waals surface area contributed by atoms with Crippen LogP contribution in [0.5, 0.6) is 0 Å². The van der Waals surface area contributed by atoms with Crippen molar-refractivity contribution in [1.29, 1.82) is 0 Å². The number of rotatable bonds is 5. The molecule has 0 amide bonds. The second-order valence-corrected chi connectivity index (χ2v) is 6.00. The molecule has 3 rings (SSSR count). The van der Waals surface area contributed by atoms with Crippen molar-refractivity contribution in [2.45, 2.75) is 31.4 Å². The van der Waals surface area contributed by atoms with Crippen molar-refractivity contribution >= 4 is 5.96 Å². The summed E-state index contributed by atoms with van der Waals surface area (Å²) in [7, 11) is 0. The van der Waals surface area contributed by atoms with Crippen LogP contribution in [-0.2, 0) is 0 Å². The van der Waals surface area contributed by atoms with Crippen molar-refractivity contribution < 1.29 is 5.11 Å². The highest BCUT2D eigenvalue weighted by atomic mass is 16.3. The van der Waals surface area contributed by atoms with Crippen molar-refractivity contribution in [2.24, 2.45) is 10.7 Å². The monoisotopic (exact) mass is 309 g/mol. The van der Waals surface area contributed by atoms with Gasteiger partial charge in [0.25, 0.3) is 0 Å². The molecule has 0 radical (unpaired) electrons. The Bertz CT molecular complexity index is 648. The third kappa shape index (κ3) is 4.11. The average molecular weight is 309 g/mol. The van der Waals surface area contributed by atoms with Gasteiger partial charge in [0.15, 0.2) is 5.96 Å². The van der Waals surface area contributed by atoms with Gasteiger partial charge in [-0.25, -0.2) is 0 Å². The predicted molar refractivity (Wildman–Crippen MR) is 94.1 cm³/mol. The fraction of sp³-hybridized carbons (Fsp3) is 0.316. The topological polar surface area (TPSA) is 70.6 Å². The lowest BCUT2D eigenvalue weighted by Crippen LogP contribution is -2.43. The van der Waals surface area contributed by atoms with Gasteiger partial charge >= 0.3 is 0 Å². The summed E-state index contributed by atoms with van der Waals surface area (Å²) in [6.07, 6.45) is 2.92. The predicted octanol–water partition coefficient (Wildman–Crippen LogP) is 2.84. The van der Waals surface area contributed by atoms with Crippen LogP contribution in [0, 0.1) is 0 Å². The number of hydrogen-bond donors (Lipinski definition) is 3. The van der Waals surface area contributed by atoms with Gasteiger partial charge in [0.1, 0.15) is 0 Å². The molecule has 120 valence electrons. The Hall–Kier alpha value is -2.33. The van der Waals surface area contributed by atoms with Gasteiger partial charge in [-0.1, -0.05) is 54.6 Å². The van der Waals surface area contributed by atoms with Crippen LogP contribution in [0.25, 0.3) is 11.1 Å². The van der Waals surface area contributed by atoms with E-state index in [4.69, 9.17) is 5.73 Å². The van der Waals surface area contributed by atoms with Crippen molar-refractivity contribution in [3.63, 3.8) is 0 Å². The molecule has 0 aliphatic heterocycles. The van der Waals surface area contributed by atoms with E-state index in [0.29, 0.717) is 12.0 Å². The number of benzene rings is 2. The Balaban J connectivity index is 1.59. The minimum Gasteiger partial charge on any atom is -0.386 e. The first-order valence-electron chi connectivity index (χ1n) is 8.12. The quantitative estimate of drug-likeness (QED) is 0.587. The molecule has 4 heteroatoms. The van der Waals surface area contributed by atoms with Crippen LogP contribution in [0.3, 0.4) is 0 Å². The lowest BCUT2D eigenvalue weighted by molar-refractivity contribution is 0.187. The summed E-state index contributed by atoms with van der Waals surface area (Å²) in [6, 6.07) is 18.6. The molecule has 1 saturated carbocycles. The van der Waals surface area contributed by atoms with Crippen molar-refractivity contribution in [1.82, 2.24) is 5.32 Å². The molecule has 1 fully saturated rings. The molecule has 0 heterocycles. The van der Waals surface area contributed by atoms with E-state index in [1.165, 1.54) is 12.0 Å². The van der Waals surface area contributed by atoms with Gasteiger partial charge in [-0.15, -0.1) is 0 Å². The molecular weight excluding hydrogens is 286 g/mol. The normalized spacial score (nSPS) is 16.7. The van der Waals surface area contributed by atoms with Gasteiger partial charge < -0.3 is 16.2 Å². The van der Waals surface area contributed by atoms with E-state index in [0.717, 1.165) is 24.0 Å². The summed E-state index contributed by atoms with van der Waals surface area (Å²) in [5.41, 5.74) is 8.99. The van der Waals surface area contributed by atoms with Crippen molar-refractivity contribution in [3.8, 4) is 11.1 Å². The minimum absolute atomic E-state index is 0.274. The first-order chi connectivity index (χ1) is 11.2. The molecule has 2 aromatic carbocycles. The van der Waals surface area contributed by atoms with E-state index >= 15 is 0 Å². The van der Waals surface area contributed by atoms with Crippen LogP contribution in [-0.4, -0.2) is 23.7 Å². The number of nitrogens with two attached hydrogens (primary N) is 1. The molecule has 4 N–H and O–H groups in total. The Labute approximate surface area is 137 Å². The molecule has 1 aliphatic carbocycles. The van der Waals surface area contributed by atoms with Gasteiger partial charge in [0, 0.05) is 6.04 Å². The third-order valence-electron chi connectivity index (χ3n) is 4.29. The molecule has 1 atom stereocenters. The number of hydrogen-bond acceptors (Lipinski definition) is 2. The second-order valence-electron chi connectivity index (χ2n) is 6.00. The summed E-state index contributed by atoms with van der Waals surface area (Å²) >= 11 is 0. The van der Waals surface area contributed by atoms with Crippen LogP contribution in [0.15, 0.2) is 59.6 Å². The van der Waals surface area contributed by atoms with Crippen LogP contribution >= 0.6 is 0 Å². The van der Waals surface area contributed by atoms with Crippen LogP contribution in [0.4, 0.5) is 0 Å². The number of aliphatic imine (C=N–C) groups is 1. The first kappa shape index (κ1) is 15.6. The summed E-state index contributed by atoms with van der Waals surface area (Å²) in [5, 5.41) is 13.4. The summed E-state index contributed by atoms with van der Waals surface area (Å²) in [4.78, 5) is 4.24. The van der Waals surface area contributed by atoms with Crippen LogP contribution in [0.2, 0.25) is 0 Å². The Morgan fingerprint density at radius 3 is 2.35 bits per heavy atom. The zero-order chi connectivity index (χ0) is 16.1. The third-order valence-corrected chi connectivity index (χ3v) is 4.29. The molecule has 4 nitrogen and oxygen atoms in total. The number of nitrogens with one attached hydrogen (secondary N) is 1. The minimum atomic E-state index is -0.637. The van der Waals surface area contributed by atoms with E-state index in [2.05, 4.69) is 22.4 Å². The molecule has 0 saturated heterocycles. The standard InChI is InChI=1S/C19H23N3O/c20-19(22-17-7-4-8-17)21-13-18(23)16-11-9-15(10-12-16)14-5-2-1-3-6-14/h1-3,5-6,9-12,17-18,23H,4,7-8,13H2,(H3,20,21,22). The number of guanidine groups is 1. The Morgan fingerprint density at radius 2 is 1.74 bits per heavy atom. The highest BCUT2D eigenvalue weighted by molar-refractivity contribution is 5.78. The van der Waals surface area contributed by atoms with Crippen molar-refractivity contribution in [2.75, 3.05) is 6.54 Å². The largest absolute Gasteiger partial charge is 0.386 e. The number of nitrogens with zero attached hydrogens (tertiary/aromatic N) is 1. The fourth-order valence-corrected chi connectivity index (χ4v) is 2.63. The zero-order valence-corrected chi connectivity index (χ0v) is 13.2. The Morgan fingerprint density at radius 1 is 1.09 bits per heavy atom. The maximum atomic E-state index is 10.2. The summed E-state index contributed by atoms with van der Waals surface area (Å²) in [6.45, 7) is 0.274. The van der Waals surface area contributed by atoms with E-state index in [9.17, 15) is 5.11 Å². The fourth-order valence-electron chi connectivity index (χ4n) is 2.63. The lowest BCUT2D eigenvalue weighted by Gasteiger charge is -2.26. The number of aliphatic hydroxyl groups is 1. The first-order valence-corrected chi connectivity index (χ1v) is 8.12. The van der Waals surface area contributed by atoms with Gasteiger partial charge in [0.2, 0.25) is 0 Å². The van der Waals surface area contributed by atoms with E-state index in [1.807, 2.05) is 42.5 Å². The Kier molecular flexibility index (Phi) is 4.93. The van der Waals surface area contributed by atoms with Crippen LogP contribution in [0.1, 0.15) is 30.9 Å². The van der Waals surface area contributed by atoms with Crippen molar-refractivity contribution in [3.05, 3.63) is 60.2 Å². The molecule has 1 unspecified atom stereocenters. The summed E-state index contributed by atoms with van der Waals surface area (Å²) in [5.74, 6) is 0.426. The van der Waals surface area contributed by atoms with Gasteiger partial charge in [0.05, 0.1) is 12.6 Å². The molecular formula is C19H23N3O. The highest BCUT2D eigenvalue weighted by Crippen LogP contribution is 2.22. The van der Waals surface area contributed by atoms with E-state index < -0.39 is 6.10 Å². The molecule has 1 aliphatic rings. The maximum absolute atomic E-state index is 10.2. The molecule has 0 spiro atoms. The molecule has 0 bridgehead atoms. The smallest absolute Gasteiger partial charge is 0.188 e. The SMILES string of the molecule is NC(=NCC(O)c1ccc(-c2ccccc2)cc1)NC1CCC1. The van der Waals surface area contributed by atoms with Crippen LogP contribution < -0.4 is 11.1 Å². The van der Waals surface area contributed by atoms with Gasteiger partial charge in [-0.2, -0.15) is 0 Å². The van der Waals surface area contributed by atoms with Gasteiger partial charge in [-0.3, -0.25) is 4.99 Å². The van der Waals surface area contributed by atoms with E-state index in [1.54, 1.807) is 0 Å². The molecule has 2 aromatic rings. The van der Waals surface area contributed by atoms with E-state index in [-0.39, 0.29) is 6.54 Å². The molecule has 0 aromatic heterocycles. The highest BCUT2D eigenvalue weighted by Gasteiger charge is 2.17. The maximum Gasteiger partial charge on any atom is 0.188 e.